The Morgan fingerprint density at radius 3 is 2.58 bits per heavy atom. The van der Waals surface area contributed by atoms with E-state index >= 15 is 0 Å². The van der Waals surface area contributed by atoms with E-state index in [1.165, 1.54) is 62.0 Å². The number of carbonyl (C=O) groups excluding carboxylic acids is 1. The van der Waals surface area contributed by atoms with Crippen LogP contribution in [0.5, 0.6) is 0 Å². The molecule has 1 aliphatic heterocycles. The Bertz CT molecular complexity index is 1030. The van der Waals surface area contributed by atoms with Crippen LogP contribution in [0, 0.1) is 23.6 Å². The van der Waals surface area contributed by atoms with Gasteiger partial charge in [-0.15, -0.1) is 11.3 Å². The first kappa shape index (κ1) is 19.7. The monoisotopic (exact) mass is 459 g/mol. The predicted molar refractivity (Wildman–Crippen MR) is 118 cm³/mol. The Kier molecular flexibility index (Phi) is 4.62. The van der Waals surface area contributed by atoms with E-state index in [-0.39, 0.29) is 28.3 Å². The molecule has 4 fully saturated rings. The van der Waals surface area contributed by atoms with E-state index in [1.807, 2.05) is 0 Å². The molecule has 1 amide bonds. The summed E-state index contributed by atoms with van der Waals surface area (Å²) in [5.74, 6) is 1.74. The fourth-order valence-electron chi connectivity index (χ4n) is 6.62. The maximum absolute atomic E-state index is 14.2. The third-order valence-corrected chi connectivity index (χ3v) is 8.60. The van der Waals surface area contributed by atoms with Gasteiger partial charge in [-0.25, -0.2) is 9.37 Å². The number of carbonyl (C=O) groups is 1. The molecule has 0 saturated heterocycles. The van der Waals surface area contributed by atoms with E-state index in [9.17, 15) is 9.18 Å². The standard InChI is InChI=1S/C23H23ClFN3O2S/c24-15-2-1-3-16(25)20(15)17-7-18(30-28-17)21(29)27-22-26-19(11-31-22)23-8-12-4-13(9-23)6-14(5-12)10-23/h1-3,11-14,18H,4-10H2,(H,26,27,29)/t12?,13?,14?,18-,23?/m0/s1. The van der Waals surface area contributed by atoms with Crippen LogP contribution < -0.4 is 5.32 Å². The van der Waals surface area contributed by atoms with Gasteiger partial charge < -0.3 is 4.84 Å². The number of oxime groups is 1. The molecular weight excluding hydrogens is 437 g/mol. The molecule has 0 unspecified atom stereocenters. The Balaban J connectivity index is 1.14. The minimum atomic E-state index is -0.822. The van der Waals surface area contributed by atoms with Gasteiger partial charge in [-0.3, -0.25) is 10.1 Å². The molecule has 5 aliphatic rings. The van der Waals surface area contributed by atoms with Crippen LogP contribution in [-0.2, 0) is 15.0 Å². The largest absolute Gasteiger partial charge is 0.382 e. The number of anilines is 1. The lowest BCUT2D eigenvalue weighted by Crippen LogP contribution is -2.48. The molecule has 0 radical (unpaired) electrons. The van der Waals surface area contributed by atoms with Crippen LogP contribution in [-0.4, -0.2) is 22.7 Å². The molecule has 1 atom stereocenters. The van der Waals surface area contributed by atoms with Gasteiger partial charge in [0.1, 0.15) is 5.82 Å². The molecule has 1 aromatic heterocycles. The fraction of sp³-hybridized carbons (Fsp3) is 0.522. The summed E-state index contributed by atoms with van der Waals surface area (Å²) >= 11 is 7.58. The lowest BCUT2D eigenvalue weighted by Gasteiger charge is -2.56. The maximum Gasteiger partial charge on any atom is 0.270 e. The number of rotatable bonds is 4. The number of aromatic nitrogens is 1. The summed E-state index contributed by atoms with van der Waals surface area (Å²) in [6.45, 7) is 0. The van der Waals surface area contributed by atoms with Crippen LogP contribution in [0.3, 0.4) is 0 Å². The average Bonchev–Trinajstić information content (AvgIpc) is 3.37. The predicted octanol–water partition coefficient (Wildman–Crippen LogP) is 5.54. The zero-order valence-corrected chi connectivity index (χ0v) is 18.5. The molecule has 5 nitrogen and oxygen atoms in total. The fourth-order valence-corrected chi connectivity index (χ4v) is 7.73. The number of hydrogen-bond acceptors (Lipinski definition) is 5. The maximum atomic E-state index is 14.2. The molecule has 1 N–H and O–H groups in total. The smallest absolute Gasteiger partial charge is 0.270 e. The van der Waals surface area contributed by atoms with Crippen LogP contribution in [0.4, 0.5) is 9.52 Å². The van der Waals surface area contributed by atoms with Crippen molar-refractivity contribution in [3.05, 3.63) is 45.7 Å². The second kappa shape index (κ2) is 7.27. The lowest BCUT2D eigenvalue weighted by molar-refractivity contribution is -0.125. The Morgan fingerprint density at radius 2 is 1.90 bits per heavy atom. The van der Waals surface area contributed by atoms with E-state index < -0.39 is 11.9 Å². The number of nitrogens with one attached hydrogen (secondary N) is 1. The normalized spacial score (nSPS) is 33.3. The third-order valence-electron chi connectivity index (χ3n) is 7.53. The molecular formula is C23H23ClFN3O2S. The highest BCUT2D eigenvalue weighted by molar-refractivity contribution is 7.14. The van der Waals surface area contributed by atoms with Gasteiger partial charge >= 0.3 is 0 Å². The zero-order valence-electron chi connectivity index (χ0n) is 16.9. The van der Waals surface area contributed by atoms with Crippen LogP contribution in [0.1, 0.15) is 56.2 Å². The van der Waals surface area contributed by atoms with Gasteiger partial charge in [0.05, 0.1) is 22.0 Å². The van der Waals surface area contributed by atoms with Crippen molar-refractivity contribution in [2.45, 2.75) is 56.5 Å². The second-order valence-corrected chi connectivity index (χ2v) is 10.9. The number of halogens is 2. The minimum absolute atomic E-state index is 0.166. The summed E-state index contributed by atoms with van der Waals surface area (Å²) in [4.78, 5) is 22.9. The minimum Gasteiger partial charge on any atom is -0.382 e. The zero-order chi connectivity index (χ0) is 21.2. The van der Waals surface area contributed by atoms with Crippen LogP contribution >= 0.6 is 22.9 Å². The summed E-state index contributed by atoms with van der Waals surface area (Å²) in [6, 6.07) is 4.45. The summed E-state index contributed by atoms with van der Waals surface area (Å²) in [7, 11) is 0. The van der Waals surface area contributed by atoms with Gasteiger partial charge in [0, 0.05) is 17.2 Å². The third kappa shape index (κ3) is 3.37. The van der Waals surface area contributed by atoms with Crippen molar-refractivity contribution in [1.82, 2.24) is 4.98 Å². The number of hydrogen-bond donors (Lipinski definition) is 1. The van der Waals surface area contributed by atoms with E-state index in [4.69, 9.17) is 21.4 Å². The molecule has 0 spiro atoms. The van der Waals surface area contributed by atoms with Crippen LogP contribution in [0.15, 0.2) is 28.7 Å². The lowest BCUT2D eigenvalue weighted by atomic mass is 9.49. The van der Waals surface area contributed by atoms with Crippen molar-refractivity contribution < 1.29 is 14.0 Å². The molecule has 8 heteroatoms. The molecule has 31 heavy (non-hydrogen) atoms. The molecule has 162 valence electrons. The highest BCUT2D eigenvalue weighted by Crippen LogP contribution is 2.60. The van der Waals surface area contributed by atoms with E-state index in [0.717, 1.165) is 23.4 Å². The van der Waals surface area contributed by atoms with Crippen molar-refractivity contribution in [1.29, 1.82) is 0 Å². The Hall–Kier alpha value is -1.99. The molecule has 4 bridgehead atoms. The van der Waals surface area contributed by atoms with Gasteiger partial charge in [0.25, 0.3) is 5.91 Å². The number of thiazole rings is 1. The van der Waals surface area contributed by atoms with Crippen molar-refractivity contribution in [3.63, 3.8) is 0 Å². The van der Waals surface area contributed by atoms with Gasteiger partial charge in [-0.2, -0.15) is 0 Å². The molecule has 2 heterocycles. The average molecular weight is 460 g/mol. The SMILES string of the molecule is O=C(Nc1nc(C23CC4CC(CC(C4)C2)C3)cs1)[C@@H]1CC(c2c(F)cccc2Cl)=NO1. The van der Waals surface area contributed by atoms with Gasteiger partial charge in [-0.05, 0) is 68.4 Å². The van der Waals surface area contributed by atoms with Gasteiger partial charge in [-0.1, -0.05) is 22.8 Å². The van der Waals surface area contributed by atoms with Crippen molar-refractivity contribution in [2.24, 2.45) is 22.9 Å². The summed E-state index contributed by atoms with van der Waals surface area (Å²) in [5.41, 5.74) is 1.89. The molecule has 4 saturated carbocycles. The van der Waals surface area contributed by atoms with Crippen molar-refractivity contribution in [3.8, 4) is 0 Å². The number of amides is 1. The highest BCUT2D eigenvalue weighted by Gasteiger charge is 2.52. The summed E-state index contributed by atoms with van der Waals surface area (Å²) in [6.07, 6.45) is 7.23. The molecule has 7 rings (SSSR count). The topological polar surface area (TPSA) is 63.6 Å². The Morgan fingerprint density at radius 1 is 1.19 bits per heavy atom. The van der Waals surface area contributed by atoms with Crippen LogP contribution in [0.2, 0.25) is 5.02 Å². The quantitative estimate of drug-likeness (QED) is 0.653. The first-order valence-corrected chi connectivity index (χ1v) is 12.2. The number of benzene rings is 1. The highest BCUT2D eigenvalue weighted by atomic mass is 35.5. The first-order chi connectivity index (χ1) is 15.0. The van der Waals surface area contributed by atoms with Gasteiger partial charge in [0.15, 0.2) is 5.13 Å². The second-order valence-electron chi connectivity index (χ2n) is 9.66. The van der Waals surface area contributed by atoms with Crippen molar-refractivity contribution in [2.75, 3.05) is 5.32 Å². The molecule has 4 aliphatic carbocycles. The van der Waals surface area contributed by atoms with E-state index in [2.05, 4.69) is 15.9 Å². The first-order valence-electron chi connectivity index (χ1n) is 10.9. The molecule has 1 aromatic carbocycles. The molecule has 2 aromatic rings. The van der Waals surface area contributed by atoms with Gasteiger partial charge in [0.2, 0.25) is 6.10 Å². The summed E-state index contributed by atoms with van der Waals surface area (Å²) in [5, 5.41) is 9.77. The van der Waals surface area contributed by atoms with E-state index in [1.54, 1.807) is 6.07 Å². The summed E-state index contributed by atoms with van der Waals surface area (Å²) < 4.78 is 14.2. The Labute approximate surface area is 189 Å². The van der Waals surface area contributed by atoms with Crippen molar-refractivity contribution >= 4 is 39.7 Å². The number of nitrogens with zero attached hydrogens (tertiary/aromatic N) is 2. The van der Waals surface area contributed by atoms with E-state index in [0.29, 0.717) is 10.8 Å². The van der Waals surface area contributed by atoms with Crippen LogP contribution in [0.25, 0.3) is 0 Å².